The van der Waals surface area contributed by atoms with Crippen LogP contribution in [-0.4, -0.2) is 39.9 Å². The number of hydrogen-bond acceptors (Lipinski definition) is 3. The summed E-state index contributed by atoms with van der Waals surface area (Å²) in [6.07, 6.45) is 3.69. The molecule has 7 heteroatoms. The van der Waals surface area contributed by atoms with Crippen molar-refractivity contribution in [2.75, 3.05) is 13.1 Å². The number of carbonyl (C=O) groups is 1. The first kappa shape index (κ1) is 14.9. The number of carbonyl (C=O) groups excluding carboxylic acids is 1. The molecule has 0 bridgehead atoms. The molecular weight excluding hydrogens is 290 g/mol. The molecule has 0 saturated carbocycles. The number of hydrazine groups is 1. The van der Waals surface area contributed by atoms with Crippen LogP contribution >= 0.6 is 0 Å². The van der Waals surface area contributed by atoms with Crippen LogP contribution in [0.15, 0.2) is 18.5 Å². The first-order chi connectivity index (χ1) is 10.3. The molecule has 0 aliphatic carbocycles. The summed E-state index contributed by atoms with van der Waals surface area (Å²) in [7, 11) is 0. The number of hydrogen-bond donors (Lipinski definition) is 0. The standard InChI is InChI=1S/C15H16F2N4O/c1-14(15(2,16)17)9-20-5-4-12(21(20)13(14)22)10-6-11(18-3)8-19-7-10/h6-8,12H,4-5,9H2,1-2H3/t12-,14+/m1/s1. The Morgan fingerprint density at radius 2 is 2.23 bits per heavy atom. The fraction of sp³-hybridized carbons (Fsp3) is 0.533. The normalized spacial score (nSPS) is 28.8. The lowest BCUT2D eigenvalue weighted by Gasteiger charge is -2.30. The lowest BCUT2D eigenvalue weighted by Crippen LogP contribution is -2.45. The average Bonchev–Trinajstić information content (AvgIpc) is 2.98. The van der Waals surface area contributed by atoms with Crippen molar-refractivity contribution in [2.45, 2.75) is 32.2 Å². The molecule has 2 aliphatic rings. The summed E-state index contributed by atoms with van der Waals surface area (Å²) in [6, 6.07) is 1.34. The van der Waals surface area contributed by atoms with Crippen molar-refractivity contribution in [2.24, 2.45) is 5.41 Å². The highest BCUT2D eigenvalue weighted by molar-refractivity contribution is 5.86. The van der Waals surface area contributed by atoms with E-state index >= 15 is 0 Å². The number of aromatic nitrogens is 1. The fourth-order valence-corrected chi connectivity index (χ4v) is 3.13. The van der Waals surface area contributed by atoms with E-state index in [0.29, 0.717) is 24.2 Å². The maximum Gasteiger partial charge on any atom is 0.260 e. The number of fused-ring (bicyclic) bond motifs is 1. The molecule has 2 aliphatic heterocycles. The highest BCUT2D eigenvalue weighted by Gasteiger charge is 2.62. The Morgan fingerprint density at radius 3 is 2.86 bits per heavy atom. The summed E-state index contributed by atoms with van der Waals surface area (Å²) in [5, 5.41) is 3.12. The second kappa shape index (κ2) is 4.71. The third kappa shape index (κ3) is 1.98. The van der Waals surface area contributed by atoms with Crippen molar-refractivity contribution in [3.63, 3.8) is 0 Å². The third-order valence-corrected chi connectivity index (χ3v) is 4.67. The van der Waals surface area contributed by atoms with Crippen LogP contribution in [0.4, 0.5) is 14.5 Å². The predicted octanol–water partition coefficient (Wildman–Crippen LogP) is 2.80. The summed E-state index contributed by atoms with van der Waals surface area (Å²) in [5.74, 6) is -3.65. The molecule has 5 nitrogen and oxygen atoms in total. The Bertz CT molecular complexity index is 666. The summed E-state index contributed by atoms with van der Waals surface area (Å²) < 4.78 is 27.8. The maximum atomic E-state index is 13.9. The Morgan fingerprint density at radius 1 is 1.50 bits per heavy atom. The number of rotatable bonds is 2. The van der Waals surface area contributed by atoms with Gasteiger partial charge in [-0.1, -0.05) is 0 Å². The van der Waals surface area contributed by atoms with Crippen molar-refractivity contribution >= 4 is 11.6 Å². The lowest BCUT2D eigenvalue weighted by molar-refractivity contribution is -0.156. The minimum Gasteiger partial charge on any atom is -0.276 e. The topological polar surface area (TPSA) is 40.8 Å². The zero-order chi connectivity index (χ0) is 16.1. The van der Waals surface area contributed by atoms with Crippen molar-refractivity contribution < 1.29 is 13.6 Å². The molecule has 1 aromatic rings. The first-order valence-corrected chi connectivity index (χ1v) is 7.07. The van der Waals surface area contributed by atoms with Gasteiger partial charge in [0.05, 0.1) is 12.6 Å². The fourth-order valence-electron chi connectivity index (χ4n) is 3.13. The average molecular weight is 306 g/mol. The van der Waals surface area contributed by atoms with Crippen LogP contribution in [0.5, 0.6) is 0 Å². The number of halogens is 2. The Kier molecular flexibility index (Phi) is 3.18. The smallest absolute Gasteiger partial charge is 0.260 e. The highest BCUT2D eigenvalue weighted by Crippen LogP contribution is 2.48. The van der Waals surface area contributed by atoms with E-state index in [9.17, 15) is 13.6 Å². The van der Waals surface area contributed by atoms with Gasteiger partial charge < -0.3 is 0 Å². The Labute approximate surface area is 127 Å². The van der Waals surface area contributed by atoms with Gasteiger partial charge in [-0.3, -0.25) is 14.8 Å². The van der Waals surface area contributed by atoms with E-state index in [1.165, 1.54) is 18.1 Å². The SMILES string of the molecule is [C-]#[N+]c1cncc([C@H]2CCN3C[C@](C)(C(C)(F)F)C(=O)N23)c1. The molecule has 0 aromatic carbocycles. The molecule has 22 heavy (non-hydrogen) atoms. The monoisotopic (exact) mass is 306 g/mol. The zero-order valence-corrected chi connectivity index (χ0v) is 12.4. The van der Waals surface area contributed by atoms with Gasteiger partial charge in [-0.2, -0.15) is 0 Å². The minimum absolute atomic E-state index is 0.0156. The Hall–Kier alpha value is -2.07. The molecule has 2 fully saturated rings. The predicted molar refractivity (Wildman–Crippen MR) is 75.0 cm³/mol. The van der Waals surface area contributed by atoms with Crippen LogP contribution in [0.1, 0.15) is 31.9 Å². The van der Waals surface area contributed by atoms with Crippen molar-refractivity contribution in [3.05, 3.63) is 35.4 Å². The second-order valence-corrected chi connectivity index (χ2v) is 6.15. The van der Waals surface area contributed by atoms with Crippen LogP contribution in [0.25, 0.3) is 4.85 Å². The van der Waals surface area contributed by atoms with Crippen molar-refractivity contribution in [1.82, 2.24) is 15.0 Å². The van der Waals surface area contributed by atoms with Crippen LogP contribution in [-0.2, 0) is 4.79 Å². The first-order valence-electron chi connectivity index (χ1n) is 7.07. The van der Waals surface area contributed by atoms with E-state index < -0.39 is 17.2 Å². The van der Waals surface area contributed by atoms with Gasteiger partial charge in [-0.15, -0.1) is 0 Å². The molecule has 1 aromatic heterocycles. The quantitative estimate of drug-likeness (QED) is 0.789. The van der Waals surface area contributed by atoms with E-state index in [1.807, 2.05) is 0 Å². The van der Waals surface area contributed by atoms with Crippen LogP contribution in [0, 0.1) is 12.0 Å². The van der Waals surface area contributed by atoms with E-state index in [4.69, 9.17) is 6.57 Å². The van der Waals surface area contributed by atoms with E-state index in [2.05, 4.69) is 9.83 Å². The van der Waals surface area contributed by atoms with Gasteiger partial charge in [0, 0.05) is 32.4 Å². The number of pyridine rings is 1. The minimum atomic E-state index is -3.09. The third-order valence-electron chi connectivity index (χ3n) is 4.67. The molecular formula is C15H16F2N4O. The summed E-state index contributed by atoms with van der Waals surface area (Å²) in [6.45, 7) is 9.71. The van der Waals surface area contributed by atoms with Crippen LogP contribution in [0.2, 0.25) is 0 Å². The molecule has 0 unspecified atom stereocenters. The molecule has 2 atom stereocenters. The molecule has 3 heterocycles. The van der Waals surface area contributed by atoms with E-state index in [0.717, 1.165) is 6.92 Å². The summed E-state index contributed by atoms with van der Waals surface area (Å²) in [4.78, 5) is 19.9. The van der Waals surface area contributed by atoms with E-state index in [-0.39, 0.29) is 12.6 Å². The summed E-state index contributed by atoms with van der Waals surface area (Å²) >= 11 is 0. The van der Waals surface area contributed by atoms with Gasteiger partial charge in [0.2, 0.25) is 5.69 Å². The van der Waals surface area contributed by atoms with Crippen LogP contribution < -0.4 is 0 Å². The molecule has 116 valence electrons. The molecule has 0 radical (unpaired) electrons. The van der Waals surface area contributed by atoms with Gasteiger partial charge in [0.1, 0.15) is 5.41 Å². The lowest BCUT2D eigenvalue weighted by atomic mass is 9.83. The van der Waals surface area contributed by atoms with Gasteiger partial charge in [0.25, 0.3) is 11.8 Å². The number of alkyl halides is 2. The second-order valence-electron chi connectivity index (χ2n) is 6.15. The molecule has 3 rings (SSSR count). The number of amides is 1. The van der Waals surface area contributed by atoms with Crippen LogP contribution in [0.3, 0.4) is 0 Å². The maximum absolute atomic E-state index is 13.9. The van der Waals surface area contributed by atoms with Gasteiger partial charge in [0.15, 0.2) is 0 Å². The Balaban J connectivity index is 1.95. The van der Waals surface area contributed by atoms with Gasteiger partial charge >= 0.3 is 0 Å². The molecule has 0 N–H and O–H groups in total. The van der Waals surface area contributed by atoms with E-state index in [1.54, 1.807) is 17.3 Å². The summed E-state index contributed by atoms with van der Waals surface area (Å²) in [5.41, 5.74) is -0.615. The molecule has 0 spiro atoms. The van der Waals surface area contributed by atoms with Gasteiger partial charge in [-0.05, 0) is 25.0 Å². The number of nitrogens with zero attached hydrogens (tertiary/aromatic N) is 4. The van der Waals surface area contributed by atoms with Crippen molar-refractivity contribution in [1.29, 1.82) is 0 Å². The molecule has 1 amide bonds. The zero-order valence-electron chi connectivity index (χ0n) is 12.4. The van der Waals surface area contributed by atoms with Crippen molar-refractivity contribution in [3.8, 4) is 0 Å². The highest BCUT2D eigenvalue weighted by atomic mass is 19.3. The largest absolute Gasteiger partial charge is 0.276 e. The molecule has 2 saturated heterocycles. The van der Waals surface area contributed by atoms with Gasteiger partial charge in [-0.25, -0.2) is 18.6 Å².